The van der Waals surface area contributed by atoms with Gasteiger partial charge in [0.1, 0.15) is 22.0 Å². The summed E-state index contributed by atoms with van der Waals surface area (Å²) < 4.78 is 48.9. The van der Waals surface area contributed by atoms with E-state index < -0.39 is 16.2 Å². The van der Waals surface area contributed by atoms with Gasteiger partial charge in [0.15, 0.2) is 0 Å². The van der Waals surface area contributed by atoms with Gasteiger partial charge in [0.2, 0.25) is 0 Å². The Balaban J connectivity index is 0.00000576. The van der Waals surface area contributed by atoms with Crippen LogP contribution in [0.4, 0.5) is 0 Å². The summed E-state index contributed by atoms with van der Waals surface area (Å²) in [5.74, 6) is 0.742. The van der Waals surface area contributed by atoms with E-state index in [1.807, 2.05) is 72.8 Å². The molecular formula is C37H43NaO6S2. The maximum atomic E-state index is 12.4. The molecular weight excluding hydrogens is 628 g/mol. The topological polar surface area (TPSA) is 95.9 Å². The van der Waals surface area contributed by atoms with Crippen molar-refractivity contribution in [2.75, 3.05) is 13.2 Å². The Labute approximate surface area is 301 Å². The third kappa shape index (κ3) is 11.5. The van der Waals surface area contributed by atoms with Gasteiger partial charge in [-0.25, -0.2) is 8.42 Å². The molecule has 0 aliphatic rings. The second kappa shape index (κ2) is 19.6. The van der Waals surface area contributed by atoms with Gasteiger partial charge in [-0.3, -0.25) is 0 Å². The van der Waals surface area contributed by atoms with Crippen molar-refractivity contribution in [3.63, 3.8) is 0 Å². The Morgan fingerprint density at radius 3 is 2.28 bits per heavy atom. The second-order valence-corrected chi connectivity index (χ2v) is 13.6. The quantitative estimate of drug-likeness (QED) is 0.0770. The van der Waals surface area contributed by atoms with Crippen molar-refractivity contribution in [1.82, 2.24) is 0 Å². The number of unbranched alkanes of at least 4 members (excludes halogenated alkanes) is 5. The molecule has 6 nitrogen and oxygen atoms in total. The summed E-state index contributed by atoms with van der Waals surface area (Å²) in [5, 5.41) is 11.5. The molecule has 4 rings (SSSR count). The number of hydrogen-bond acceptors (Lipinski definition) is 7. The number of ether oxygens (including phenoxy) is 2. The molecule has 0 saturated carbocycles. The van der Waals surface area contributed by atoms with E-state index in [2.05, 4.69) is 13.8 Å². The summed E-state index contributed by atoms with van der Waals surface area (Å²) >= 11 is 1.21. The van der Waals surface area contributed by atoms with Gasteiger partial charge in [-0.15, -0.1) is 0 Å². The summed E-state index contributed by atoms with van der Waals surface area (Å²) in [6.07, 6.45) is 6.95. The second-order valence-electron chi connectivity index (χ2n) is 11.1. The van der Waals surface area contributed by atoms with Crippen LogP contribution in [0.15, 0.2) is 106 Å². The molecule has 4 aromatic carbocycles. The number of rotatable bonds is 18. The van der Waals surface area contributed by atoms with Crippen LogP contribution in [0.25, 0.3) is 11.1 Å². The third-order valence-corrected chi connectivity index (χ3v) is 9.61. The first-order valence-electron chi connectivity index (χ1n) is 15.7. The first-order chi connectivity index (χ1) is 21.8. The SMILES string of the molecule is CCCCCCCOCc1cccc(C(O)c2ccccc2-c2ccc(Sc3ccc(OCCCC)cc3)c(S(=O)(=O)[O-])c2)c1.[Na+]. The molecule has 240 valence electrons. The Morgan fingerprint density at radius 1 is 0.804 bits per heavy atom. The zero-order valence-electron chi connectivity index (χ0n) is 27.1. The zero-order chi connectivity index (χ0) is 32.1. The molecule has 1 N–H and O–H groups in total. The van der Waals surface area contributed by atoms with Gasteiger partial charge in [-0.05, 0) is 77.1 Å². The Hall–Kier alpha value is -2.14. The number of aliphatic hydroxyl groups excluding tert-OH is 1. The van der Waals surface area contributed by atoms with Crippen molar-refractivity contribution in [3.8, 4) is 16.9 Å². The van der Waals surface area contributed by atoms with Crippen molar-refractivity contribution in [1.29, 1.82) is 0 Å². The Morgan fingerprint density at radius 2 is 1.54 bits per heavy atom. The monoisotopic (exact) mass is 670 g/mol. The standard InChI is InChI=1S/C37H44O6S2.Na/c1-3-5-7-8-11-23-42-27-28-13-12-14-30(25-28)37(38)34-16-10-9-15-33(34)29-17-22-35(36(26-29)45(39,40)41)44-32-20-18-31(19-21-32)43-24-6-4-2;/h9-10,12-22,25-26,37-38H,3-8,11,23-24,27H2,1-2H3,(H,39,40,41);/q;+1/p-1. The summed E-state index contributed by atoms with van der Waals surface area (Å²) in [6, 6.07) is 27.2. The minimum atomic E-state index is -4.79. The smallest absolute Gasteiger partial charge is 0.744 e. The molecule has 0 aromatic heterocycles. The van der Waals surface area contributed by atoms with Crippen LogP contribution in [0, 0.1) is 0 Å². The van der Waals surface area contributed by atoms with Crippen LogP contribution < -0.4 is 34.3 Å². The van der Waals surface area contributed by atoms with Crippen LogP contribution in [0.1, 0.15) is 81.6 Å². The van der Waals surface area contributed by atoms with Crippen LogP contribution in [-0.2, 0) is 21.5 Å². The fraction of sp³-hybridized carbons (Fsp3) is 0.351. The Bertz CT molecular complexity index is 1610. The van der Waals surface area contributed by atoms with Crippen molar-refractivity contribution in [3.05, 3.63) is 108 Å². The Kier molecular flexibility index (Phi) is 16.3. The predicted octanol–water partition coefficient (Wildman–Crippen LogP) is 6.16. The van der Waals surface area contributed by atoms with E-state index in [-0.39, 0.29) is 34.5 Å². The molecule has 0 aliphatic heterocycles. The predicted molar refractivity (Wildman–Crippen MR) is 180 cm³/mol. The van der Waals surface area contributed by atoms with E-state index in [9.17, 15) is 18.1 Å². The molecule has 0 radical (unpaired) electrons. The molecule has 46 heavy (non-hydrogen) atoms. The summed E-state index contributed by atoms with van der Waals surface area (Å²) in [5.41, 5.74) is 3.47. The van der Waals surface area contributed by atoms with Crippen molar-refractivity contribution >= 4 is 21.9 Å². The molecule has 0 amide bonds. The van der Waals surface area contributed by atoms with E-state index in [0.29, 0.717) is 47.0 Å². The van der Waals surface area contributed by atoms with Crippen molar-refractivity contribution in [2.24, 2.45) is 0 Å². The molecule has 1 atom stereocenters. The van der Waals surface area contributed by atoms with Gasteiger partial charge < -0.3 is 19.1 Å². The molecule has 0 bridgehead atoms. The summed E-state index contributed by atoms with van der Waals surface area (Å²) in [6.45, 7) is 6.11. The normalized spacial score (nSPS) is 12.0. The average Bonchev–Trinajstić information content (AvgIpc) is 3.05. The summed E-state index contributed by atoms with van der Waals surface area (Å²) in [4.78, 5) is 0.822. The fourth-order valence-corrected chi connectivity index (χ4v) is 6.89. The van der Waals surface area contributed by atoms with E-state index >= 15 is 0 Å². The van der Waals surface area contributed by atoms with E-state index in [1.54, 1.807) is 12.1 Å². The minimum absolute atomic E-state index is 0. The maximum absolute atomic E-state index is 12.4. The van der Waals surface area contributed by atoms with Gasteiger partial charge in [0.05, 0.1) is 18.1 Å². The molecule has 0 aliphatic carbocycles. The van der Waals surface area contributed by atoms with Crippen molar-refractivity contribution < 1.29 is 57.1 Å². The zero-order valence-corrected chi connectivity index (χ0v) is 30.7. The molecule has 0 heterocycles. The van der Waals surface area contributed by atoms with Gasteiger partial charge in [-0.1, -0.05) is 112 Å². The number of benzene rings is 4. The van der Waals surface area contributed by atoms with Crippen LogP contribution >= 0.6 is 11.8 Å². The molecule has 4 aromatic rings. The first kappa shape index (κ1) is 38.3. The van der Waals surface area contributed by atoms with Crippen LogP contribution in [0.5, 0.6) is 5.75 Å². The van der Waals surface area contributed by atoms with Gasteiger partial charge in [-0.2, -0.15) is 0 Å². The average molecular weight is 671 g/mol. The fourth-order valence-electron chi connectivity index (χ4n) is 5.05. The van der Waals surface area contributed by atoms with Gasteiger partial charge >= 0.3 is 29.6 Å². The van der Waals surface area contributed by atoms with Crippen LogP contribution in [0.2, 0.25) is 0 Å². The molecule has 0 spiro atoms. The van der Waals surface area contributed by atoms with Crippen molar-refractivity contribution in [2.45, 2.75) is 86.2 Å². The largest absolute Gasteiger partial charge is 1.00 e. The third-order valence-electron chi connectivity index (χ3n) is 7.53. The maximum Gasteiger partial charge on any atom is 1.00 e. The molecule has 9 heteroatoms. The van der Waals surface area contributed by atoms with E-state index in [1.165, 1.54) is 43.5 Å². The number of aliphatic hydroxyl groups is 1. The van der Waals surface area contributed by atoms with E-state index in [0.717, 1.165) is 35.5 Å². The van der Waals surface area contributed by atoms with Gasteiger partial charge in [0, 0.05) is 16.4 Å². The molecule has 0 fully saturated rings. The first-order valence-corrected chi connectivity index (χ1v) is 18.0. The number of hydrogen-bond donors (Lipinski definition) is 1. The van der Waals surface area contributed by atoms with Gasteiger partial charge in [0.25, 0.3) is 0 Å². The van der Waals surface area contributed by atoms with E-state index in [4.69, 9.17) is 9.47 Å². The van der Waals surface area contributed by atoms with Crippen LogP contribution in [-0.4, -0.2) is 31.3 Å². The molecule has 0 saturated heterocycles. The summed E-state index contributed by atoms with van der Waals surface area (Å²) in [7, 11) is -4.79. The van der Waals surface area contributed by atoms with Crippen LogP contribution in [0.3, 0.4) is 0 Å². The minimum Gasteiger partial charge on any atom is -0.744 e. The molecule has 1 unspecified atom stereocenters.